The Kier molecular flexibility index (Phi) is 21.8. The molecule has 0 unspecified atom stereocenters. The van der Waals surface area contributed by atoms with Gasteiger partial charge in [-0.1, -0.05) is 66.6 Å². The largest absolute Gasteiger partial charge is 0.463 e. The van der Waals surface area contributed by atoms with Gasteiger partial charge in [0.15, 0.2) is 5.79 Å². The molecule has 1 aliphatic heterocycles. The minimum Gasteiger partial charge on any atom is -0.463 e. The van der Waals surface area contributed by atoms with Crippen molar-refractivity contribution < 1.29 is 63.6 Å². The van der Waals surface area contributed by atoms with Gasteiger partial charge in [0.25, 0.3) is 20.2 Å². The second-order valence-electron chi connectivity index (χ2n) is 13.3. The number of rotatable bonds is 17. The van der Waals surface area contributed by atoms with Crippen LogP contribution in [0.4, 0.5) is 0 Å². The molecule has 1 saturated heterocycles. The standard InChI is InChI=1S/C15H24O7S.C15H26O7S.C6H16Si/c1-5-15(6-2)20-11-8-10(14(16)19-7-3)9-12(13(11)21-15)22-23(4,17)18;1-5-11(6-2)21-12-8-10(15(17)20-7-3)9-13(14(12)16)22-23(4,18)19;1-4-7(5-2)6-3/h8,11-13H,5-7,9H2,1-4H3;8,11-14,16H,5-7,9H2,1-4H3;7H,4-6H2,1-3H3/t11-,12-,13-;12-,13-,14-;/m11./s1. The van der Waals surface area contributed by atoms with Crippen LogP contribution >= 0.6 is 0 Å². The van der Waals surface area contributed by atoms with Gasteiger partial charge < -0.3 is 28.8 Å². The molecule has 1 fully saturated rings. The van der Waals surface area contributed by atoms with E-state index < -0.39 is 74.6 Å². The molecule has 6 atom stereocenters. The van der Waals surface area contributed by atoms with E-state index in [0.717, 1.165) is 25.4 Å². The summed E-state index contributed by atoms with van der Waals surface area (Å²) in [5.41, 5.74) is 0.607. The molecule has 0 amide bonds. The van der Waals surface area contributed by atoms with Gasteiger partial charge in [-0.3, -0.25) is 8.37 Å². The normalized spacial score (nSPS) is 25.2. The average molecular weight is 815 g/mol. The Bertz CT molecular complexity index is 1370. The third-order valence-electron chi connectivity index (χ3n) is 9.42. The lowest BCUT2D eigenvalue weighted by atomic mass is 9.92. The van der Waals surface area contributed by atoms with Crippen LogP contribution < -0.4 is 0 Å². The predicted octanol–water partition coefficient (Wildman–Crippen LogP) is 4.96. The number of carbonyl (C=O) groups excluding carboxylic acids is 2. The van der Waals surface area contributed by atoms with Crippen LogP contribution in [0.15, 0.2) is 23.3 Å². The molecule has 0 bridgehead atoms. The van der Waals surface area contributed by atoms with Crippen molar-refractivity contribution in [3.8, 4) is 0 Å². The minimum atomic E-state index is -3.78. The summed E-state index contributed by atoms with van der Waals surface area (Å²) in [6.45, 7) is 18.6. The van der Waals surface area contributed by atoms with Gasteiger partial charge in [-0.05, 0) is 51.7 Å². The highest BCUT2D eigenvalue weighted by atomic mass is 32.2. The van der Waals surface area contributed by atoms with Crippen LogP contribution in [-0.2, 0) is 61.9 Å². The smallest absolute Gasteiger partial charge is 0.333 e. The Hall–Kier alpha value is -1.70. The maximum Gasteiger partial charge on any atom is 0.333 e. The van der Waals surface area contributed by atoms with Crippen LogP contribution in [0, 0.1) is 0 Å². The van der Waals surface area contributed by atoms with Crippen LogP contribution in [0.3, 0.4) is 0 Å². The Morgan fingerprint density at radius 1 is 0.774 bits per heavy atom. The van der Waals surface area contributed by atoms with Gasteiger partial charge in [-0.15, -0.1) is 0 Å². The van der Waals surface area contributed by atoms with Crippen LogP contribution in [-0.4, -0.2) is 117 Å². The lowest BCUT2D eigenvalue weighted by Gasteiger charge is -2.34. The number of fused-ring (bicyclic) bond motifs is 1. The first kappa shape index (κ1) is 49.3. The summed E-state index contributed by atoms with van der Waals surface area (Å²) in [7, 11) is -7.64. The Balaban J connectivity index is 0.000000450. The molecule has 0 saturated carbocycles. The first-order valence-corrected chi connectivity index (χ1v) is 25.1. The molecule has 0 spiro atoms. The van der Waals surface area contributed by atoms with E-state index in [1.165, 1.54) is 24.2 Å². The van der Waals surface area contributed by atoms with E-state index in [0.29, 0.717) is 18.4 Å². The van der Waals surface area contributed by atoms with Gasteiger partial charge in [0.2, 0.25) is 0 Å². The van der Waals surface area contributed by atoms with E-state index >= 15 is 0 Å². The van der Waals surface area contributed by atoms with Gasteiger partial charge in [0, 0.05) is 32.8 Å². The molecule has 0 radical (unpaired) electrons. The Labute approximate surface area is 320 Å². The Morgan fingerprint density at radius 3 is 1.62 bits per heavy atom. The van der Waals surface area contributed by atoms with Gasteiger partial charge in [-0.2, -0.15) is 16.8 Å². The molecule has 53 heavy (non-hydrogen) atoms. The fourth-order valence-corrected chi connectivity index (χ4v) is 9.23. The zero-order valence-electron chi connectivity index (χ0n) is 33.6. The van der Waals surface area contributed by atoms with Crippen molar-refractivity contribution in [1.29, 1.82) is 0 Å². The highest BCUT2D eigenvalue weighted by molar-refractivity contribution is 7.86. The molecule has 310 valence electrons. The summed E-state index contributed by atoms with van der Waals surface area (Å²) in [4.78, 5) is 24.0. The van der Waals surface area contributed by atoms with E-state index in [1.807, 2.05) is 27.7 Å². The monoisotopic (exact) mass is 814 g/mol. The molecule has 1 heterocycles. The van der Waals surface area contributed by atoms with Crippen molar-refractivity contribution in [2.45, 2.75) is 167 Å². The lowest BCUT2D eigenvalue weighted by molar-refractivity contribution is -0.182. The third-order valence-corrected chi connectivity index (χ3v) is 14.1. The number of esters is 2. The molecule has 1 N–H and O–H groups in total. The summed E-state index contributed by atoms with van der Waals surface area (Å²) < 4.78 is 83.6. The van der Waals surface area contributed by atoms with Gasteiger partial charge in [0.1, 0.15) is 36.6 Å². The number of hydrogen-bond donors (Lipinski definition) is 1. The molecule has 14 nitrogen and oxygen atoms in total. The van der Waals surface area contributed by atoms with Crippen molar-refractivity contribution >= 4 is 41.0 Å². The van der Waals surface area contributed by atoms with Gasteiger partial charge >= 0.3 is 11.9 Å². The van der Waals surface area contributed by atoms with E-state index in [1.54, 1.807) is 19.9 Å². The van der Waals surface area contributed by atoms with Crippen molar-refractivity contribution in [1.82, 2.24) is 0 Å². The number of ether oxygens (including phenoxy) is 5. The zero-order valence-corrected chi connectivity index (χ0v) is 36.4. The minimum absolute atomic E-state index is 0.0458. The lowest BCUT2D eigenvalue weighted by Crippen LogP contribution is -2.46. The maximum atomic E-state index is 12.0. The summed E-state index contributed by atoms with van der Waals surface area (Å²) in [5.74, 6) is -1.82. The predicted molar refractivity (Wildman–Crippen MR) is 205 cm³/mol. The maximum absolute atomic E-state index is 12.0. The topological polar surface area (TPSA) is 187 Å². The second kappa shape index (κ2) is 23.4. The number of carbonyl (C=O) groups is 2. The molecule has 0 aromatic rings. The number of aliphatic hydroxyl groups excluding tert-OH is 1. The average Bonchev–Trinajstić information content (AvgIpc) is 3.49. The van der Waals surface area contributed by atoms with Crippen molar-refractivity contribution in [3.63, 3.8) is 0 Å². The molecule has 0 aromatic heterocycles. The fraction of sp³-hybridized carbons (Fsp3) is 0.833. The molecular formula is C36H66O14S2Si. The van der Waals surface area contributed by atoms with Crippen LogP contribution in [0.1, 0.15) is 101 Å². The van der Waals surface area contributed by atoms with Gasteiger partial charge in [-0.25, -0.2) is 9.59 Å². The van der Waals surface area contributed by atoms with Crippen LogP contribution in [0.2, 0.25) is 18.1 Å². The second-order valence-corrected chi connectivity index (χ2v) is 20.7. The van der Waals surface area contributed by atoms with Crippen molar-refractivity contribution in [2.24, 2.45) is 0 Å². The molecular weight excluding hydrogens is 749 g/mol. The van der Waals surface area contributed by atoms with Crippen molar-refractivity contribution in [2.75, 3.05) is 25.7 Å². The highest BCUT2D eigenvalue weighted by Gasteiger charge is 2.51. The number of hydrogen-bond acceptors (Lipinski definition) is 14. The summed E-state index contributed by atoms with van der Waals surface area (Å²) >= 11 is 0. The summed E-state index contributed by atoms with van der Waals surface area (Å²) in [5, 5.41) is 10.4. The van der Waals surface area contributed by atoms with E-state index in [-0.39, 0.29) is 46.5 Å². The van der Waals surface area contributed by atoms with E-state index in [4.69, 9.17) is 32.1 Å². The molecule has 3 rings (SSSR count). The number of aliphatic hydroxyl groups is 1. The quantitative estimate of drug-likeness (QED) is 0.118. The molecule has 2 aliphatic carbocycles. The third kappa shape index (κ3) is 16.5. The molecule has 17 heteroatoms. The highest BCUT2D eigenvalue weighted by Crippen LogP contribution is 2.41. The molecule has 3 aliphatic rings. The fourth-order valence-electron chi connectivity index (χ4n) is 6.24. The first-order valence-electron chi connectivity index (χ1n) is 19.0. The SMILES string of the molecule is CCOC(=O)C1=C[C@@H](OC(CC)CC)[C@@H](O)[C@H](OS(C)(=O)=O)C1.CCOC(=O)C1=C[C@H]2OC(CC)(CC)O[C@H]2[C@H](OS(C)(=O)=O)C1.CC[SiH](CC)CC. The van der Waals surface area contributed by atoms with E-state index in [9.17, 15) is 31.5 Å². The zero-order chi connectivity index (χ0) is 40.6. The van der Waals surface area contributed by atoms with Gasteiger partial charge in [0.05, 0.1) is 31.8 Å². The van der Waals surface area contributed by atoms with Crippen LogP contribution in [0.5, 0.6) is 0 Å². The van der Waals surface area contributed by atoms with Crippen molar-refractivity contribution in [3.05, 3.63) is 23.3 Å². The Morgan fingerprint density at radius 2 is 1.23 bits per heavy atom. The van der Waals surface area contributed by atoms with Crippen LogP contribution in [0.25, 0.3) is 0 Å². The first-order chi connectivity index (χ1) is 24.8. The van der Waals surface area contributed by atoms with E-state index in [2.05, 4.69) is 20.8 Å². The molecule has 0 aromatic carbocycles. The summed E-state index contributed by atoms with van der Waals surface area (Å²) in [6.07, 6.45) is 2.73. The summed E-state index contributed by atoms with van der Waals surface area (Å²) in [6, 6.07) is 4.48.